The van der Waals surface area contributed by atoms with Gasteiger partial charge < -0.3 is 24.0 Å². The van der Waals surface area contributed by atoms with E-state index in [9.17, 15) is 9.59 Å². The lowest BCUT2D eigenvalue weighted by atomic mass is 10.0. The number of hydrogen-bond acceptors (Lipinski definition) is 6. The minimum absolute atomic E-state index is 0.000832. The van der Waals surface area contributed by atoms with Gasteiger partial charge in [-0.1, -0.05) is 6.07 Å². The van der Waals surface area contributed by atoms with Crippen LogP contribution in [-0.2, 0) is 20.7 Å². The molecule has 2 aliphatic rings. The van der Waals surface area contributed by atoms with Crippen LogP contribution in [0.1, 0.15) is 29.3 Å². The van der Waals surface area contributed by atoms with Crippen molar-refractivity contribution in [1.82, 2.24) is 9.80 Å². The minimum Gasteiger partial charge on any atom is -0.497 e. The molecule has 0 N–H and O–H groups in total. The first-order valence-electron chi connectivity index (χ1n) is 10.5. The highest BCUT2D eigenvalue weighted by molar-refractivity contribution is 7.10. The molecule has 4 rings (SSSR count). The fourth-order valence-electron chi connectivity index (χ4n) is 3.99. The number of carbonyl (C=O) groups excluding carboxylic acids is 2. The lowest BCUT2D eigenvalue weighted by molar-refractivity contribution is -0.145. The van der Waals surface area contributed by atoms with Crippen molar-refractivity contribution < 1.29 is 23.8 Å². The van der Waals surface area contributed by atoms with Gasteiger partial charge in [0.25, 0.3) is 0 Å². The quantitative estimate of drug-likeness (QED) is 0.595. The number of benzene rings is 1. The van der Waals surface area contributed by atoms with Gasteiger partial charge in [-0.3, -0.25) is 9.59 Å². The number of hydrogen-bond donors (Lipinski definition) is 0. The first-order chi connectivity index (χ1) is 15.1. The summed E-state index contributed by atoms with van der Waals surface area (Å²) < 4.78 is 16.4. The zero-order valence-electron chi connectivity index (χ0n) is 17.9. The van der Waals surface area contributed by atoms with Crippen molar-refractivity contribution in [3.63, 3.8) is 0 Å². The van der Waals surface area contributed by atoms with Gasteiger partial charge in [-0.2, -0.15) is 0 Å². The minimum atomic E-state index is -0.188. The third-order valence-electron chi connectivity index (χ3n) is 5.75. The summed E-state index contributed by atoms with van der Waals surface area (Å²) in [7, 11) is 3.12. The highest BCUT2D eigenvalue weighted by Gasteiger charge is 2.37. The Balaban J connectivity index is 1.49. The van der Waals surface area contributed by atoms with Crippen LogP contribution in [0.3, 0.4) is 0 Å². The van der Waals surface area contributed by atoms with Crippen molar-refractivity contribution in [2.75, 3.05) is 40.5 Å². The van der Waals surface area contributed by atoms with Crippen molar-refractivity contribution >= 4 is 23.2 Å². The van der Waals surface area contributed by atoms with Crippen LogP contribution in [0, 0.1) is 0 Å². The third-order valence-corrected chi connectivity index (χ3v) is 6.74. The fraction of sp³-hybridized carbons (Fsp3) is 0.478. The molecule has 8 heteroatoms. The highest BCUT2D eigenvalue weighted by Crippen LogP contribution is 2.35. The molecule has 0 bridgehead atoms. The predicted molar refractivity (Wildman–Crippen MR) is 118 cm³/mol. The van der Waals surface area contributed by atoms with Gasteiger partial charge in [-0.15, -0.1) is 11.3 Å². The molecule has 1 saturated carbocycles. The van der Waals surface area contributed by atoms with E-state index >= 15 is 0 Å². The van der Waals surface area contributed by atoms with E-state index < -0.39 is 0 Å². The van der Waals surface area contributed by atoms with Crippen molar-refractivity contribution in [2.24, 2.45) is 0 Å². The van der Waals surface area contributed by atoms with E-state index in [0.29, 0.717) is 18.9 Å². The number of carbonyl (C=O) groups is 2. The molecule has 31 heavy (non-hydrogen) atoms. The van der Waals surface area contributed by atoms with Gasteiger partial charge in [0.2, 0.25) is 11.8 Å². The van der Waals surface area contributed by atoms with E-state index in [-0.39, 0.29) is 37.0 Å². The monoisotopic (exact) mass is 444 g/mol. The first-order valence-corrected chi connectivity index (χ1v) is 11.4. The van der Waals surface area contributed by atoms with Crippen LogP contribution >= 0.6 is 11.3 Å². The Hall–Kier alpha value is -2.58. The van der Waals surface area contributed by atoms with Crippen molar-refractivity contribution in [2.45, 2.75) is 31.3 Å². The van der Waals surface area contributed by atoms with E-state index in [0.717, 1.165) is 30.6 Å². The lowest BCUT2D eigenvalue weighted by Crippen LogP contribution is -2.49. The lowest BCUT2D eigenvalue weighted by Gasteiger charge is -2.37. The molecule has 0 unspecified atom stereocenters. The number of fused-ring (bicyclic) bond motifs is 1. The second-order valence-electron chi connectivity index (χ2n) is 7.83. The summed E-state index contributed by atoms with van der Waals surface area (Å²) in [6, 6.07) is 9.50. The van der Waals surface area contributed by atoms with Crippen molar-refractivity contribution in [3.8, 4) is 11.5 Å². The van der Waals surface area contributed by atoms with E-state index in [1.165, 1.54) is 12.0 Å². The number of methoxy groups -OCH3 is 2. The molecular weight excluding hydrogens is 416 g/mol. The molecule has 0 saturated heterocycles. The van der Waals surface area contributed by atoms with Gasteiger partial charge in [0.05, 0.1) is 13.2 Å². The van der Waals surface area contributed by atoms with Gasteiger partial charge in [-0.25, -0.2) is 0 Å². The molecule has 1 fully saturated rings. The Bertz CT molecular complexity index is 926. The van der Waals surface area contributed by atoms with Gasteiger partial charge in [0, 0.05) is 30.6 Å². The van der Waals surface area contributed by atoms with Crippen LogP contribution in [-0.4, -0.2) is 68.2 Å². The summed E-state index contributed by atoms with van der Waals surface area (Å²) in [5.74, 6) is 1.24. The molecule has 1 aromatic heterocycles. The topological polar surface area (TPSA) is 68.3 Å². The number of amides is 2. The smallest absolute Gasteiger partial charge is 0.249 e. The Morgan fingerprint density at radius 3 is 2.74 bits per heavy atom. The molecular formula is C23H28N2O5S. The molecule has 0 spiro atoms. The SMILES string of the molecule is COCC(=O)N(CC(=O)N1CCc2sccc2[C@@H]1COc1cccc(OC)c1)C1CC1. The second kappa shape index (κ2) is 9.70. The highest BCUT2D eigenvalue weighted by atomic mass is 32.1. The van der Waals surface area contributed by atoms with E-state index in [1.54, 1.807) is 23.3 Å². The average molecular weight is 445 g/mol. The molecule has 1 aliphatic heterocycles. The maximum atomic E-state index is 13.3. The van der Waals surface area contributed by atoms with Crippen molar-refractivity contribution in [3.05, 3.63) is 46.2 Å². The van der Waals surface area contributed by atoms with Crippen molar-refractivity contribution in [1.29, 1.82) is 0 Å². The average Bonchev–Trinajstić information content (AvgIpc) is 3.51. The summed E-state index contributed by atoms with van der Waals surface area (Å²) in [4.78, 5) is 30.6. The maximum Gasteiger partial charge on any atom is 0.249 e. The number of ether oxygens (including phenoxy) is 3. The molecule has 2 aromatic rings. The summed E-state index contributed by atoms with van der Waals surface area (Å²) in [6.07, 6.45) is 2.71. The summed E-state index contributed by atoms with van der Waals surface area (Å²) in [6.45, 7) is 1.05. The number of rotatable bonds is 9. The molecule has 7 nitrogen and oxygen atoms in total. The molecule has 1 aliphatic carbocycles. The number of thiophene rings is 1. The zero-order chi connectivity index (χ0) is 21.8. The van der Waals surface area contributed by atoms with Gasteiger partial charge in [-0.05, 0) is 48.4 Å². The maximum absolute atomic E-state index is 13.3. The van der Waals surface area contributed by atoms with Crippen LogP contribution in [0.25, 0.3) is 0 Å². The largest absolute Gasteiger partial charge is 0.497 e. The third kappa shape index (κ3) is 5.02. The number of nitrogens with zero attached hydrogens (tertiary/aromatic N) is 2. The van der Waals surface area contributed by atoms with Crippen LogP contribution < -0.4 is 9.47 Å². The molecule has 0 radical (unpaired) electrons. The zero-order valence-corrected chi connectivity index (χ0v) is 18.7. The van der Waals surface area contributed by atoms with Gasteiger partial charge >= 0.3 is 0 Å². The van der Waals surface area contributed by atoms with Crippen LogP contribution in [0.15, 0.2) is 35.7 Å². The Morgan fingerprint density at radius 1 is 1.19 bits per heavy atom. The first kappa shape index (κ1) is 21.6. The Morgan fingerprint density at radius 2 is 2.00 bits per heavy atom. The van der Waals surface area contributed by atoms with Gasteiger partial charge in [0.1, 0.15) is 31.3 Å². The molecule has 2 amide bonds. The van der Waals surface area contributed by atoms with E-state index in [1.807, 2.05) is 29.2 Å². The van der Waals surface area contributed by atoms with Crippen LogP contribution in [0.2, 0.25) is 0 Å². The molecule has 166 valence electrons. The van der Waals surface area contributed by atoms with Gasteiger partial charge in [0.15, 0.2) is 0 Å². The normalized spacial score (nSPS) is 17.7. The molecule has 1 aromatic carbocycles. The van der Waals surface area contributed by atoms with E-state index in [2.05, 4.69) is 11.4 Å². The summed E-state index contributed by atoms with van der Waals surface area (Å²) in [5.41, 5.74) is 1.13. The molecule has 1 atom stereocenters. The van der Waals surface area contributed by atoms with E-state index in [4.69, 9.17) is 14.2 Å². The summed E-state index contributed by atoms with van der Waals surface area (Å²) >= 11 is 1.72. The Kier molecular flexibility index (Phi) is 6.77. The van der Waals surface area contributed by atoms with Crippen LogP contribution in [0.4, 0.5) is 0 Å². The summed E-state index contributed by atoms with van der Waals surface area (Å²) in [5, 5.41) is 2.07. The van der Waals surface area contributed by atoms with Crippen LogP contribution in [0.5, 0.6) is 11.5 Å². The standard InChI is InChI=1S/C23H28N2O5S/c1-28-15-23(27)25(16-6-7-16)13-22(26)24-10-8-21-19(9-11-31-21)20(24)14-30-18-5-3-4-17(12-18)29-2/h3-5,9,11-12,16,20H,6-8,10,13-15H2,1-2H3/t20-/m0/s1. The Labute approximate surface area is 186 Å². The predicted octanol–water partition coefficient (Wildman–Crippen LogP) is 2.90. The second-order valence-corrected chi connectivity index (χ2v) is 8.83. The molecule has 2 heterocycles. The fourth-order valence-corrected chi connectivity index (χ4v) is 4.92.